The second-order valence-corrected chi connectivity index (χ2v) is 6.23. The molecule has 5 nitrogen and oxygen atoms in total. The second-order valence-electron chi connectivity index (χ2n) is 6.23. The van der Waals surface area contributed by atoms with Crippen LogP contribution in [-0.2, 0) is 6.54 Å². The van der Waals surface area contributed by atoms with Gasteiger partial charge in [0.2, 0.25) is 11.8 Å². The molecule has 1 heterocycles. The van der Waals surface area contributed by atoms with E-state index in [0.29, 0.717) is 17.7 Å². The molecule has 0 saturated carbocycles. The molecular weight excluding hydrogens is 326 g/mol. The number of nitrogens with two attached hydrogens (primary N) is 2. The molecule has 0 aliphatic rings. The maximum atomic E-state index is 11.9. The molecule has 0 saturated heterocycles. The lowest BCUT2D eigenvalue weighted by Gasteiger charge is -2.09. The molecule has 0 radical (unpaired) electrons. The summed E-state index contributed by atoms with van der Waals surface area (Å²) >= 11 is 0. The summed E-state index contributed by atoms with van der Waals surface area (Å²) in [5, 5.41) is 1.82. The average molecular weight is 343 g/mol. The number of fused-ring (bicyclic) bond motifs is 3. The lowest BCUT2D eigenvalue weighted by molar-refractivity contribution is 0.0992. The number of aromatic nitrogens is 1. The van der Waals surface area contributed by atoms with E-state index in [4.69, 9.17) is 11.5 Å². The first kappa shape index (κ1) is 15.9. The van der Waals surface area contributed by atoms with Gasteiger partial charge >= 0.3 is 0 Å². The second kappa shape index (κ2) is 6.04. The molecular formula is C21H17N3O2. The molecule has 1 aromatic heterocycles. The first-order valence-electron chi connectivity index (χ1n) is 8.25. The van der Waals surface area contributed by atoms with E-state index in [9.17, 15) is 9.59 Å². The molecule has 0 bridgehead atoms. The Morgan fingerprint density at radius 1 is 0.808 bits per heavy atom. The van der Waals surface area contributed by atoms with Gasteiger partial charge in [-0.1, -0.05) is 36.4 Å². The molecule has 5 heteroatoms. The predicted molar refractivity (Wildman–Crippen MR) is 102 cm³/mol. The van der Waals surface area contributed by atoms with Crippen LogP contribution in [0.1, 0.15) is 26.3 Å². The van der Waals surface area contributed by atoms with Gasteiger partial charge in [-0.25, -0.2) is 0 Å². The van der Waals surface area contributed by atoms with Gasteiger partial charge in [0.05, 0.1) is 5.52 Å². The predicted octanol–water partition coefficient (Wildman–Crippen LogP) is 3.04. The highest BCUT2D eigenvalue weighted by Crippen LogP contribution is 2.32. The fraction of sp³-hybridized carbons (Fsp3) is 0.0476. The van der Waals surface area contributed by atoms with E-state index in [1.807, 2.05) is 48.5 Å². The monoisotopic (exact) mass is 343 g/mol. The third-order valence-corrected chi connectivity index (χ3v) is 4.62. The summed E-state index contributed by atoms with van der Waals surface area (Å²) in [5.74, 6) is -0.903. The summed E-state index contributed by atoms with van der Waals surface area (Å²) in [7, 11) is 0. The van der Waals surface area contributed by atoms with Gasteiger partial charge < -0.3 is 16.0 Å². The zero-order chi connectivity index (χ0) is 18.3. The zero-order valence-electron chi connectivity index (χ0n) is 14.0. The number of carbonyl (C=O) groups is 2. The van der Waals surface area contributed by atoms with Crippen LogP contribution in [0.2, 0.25) is 0 Å². The number of nitrogens with zero attached hydrogens (tertiary/aromatic N) is 1. The van der Waals surface area contributed by atoms with Crippen LogP contribution < -0.4 is 11.5 Å². The number of hydrogen-bond donors (Lipinski definition) is 2. The number of benzene rings is 3. The van der Waals surface area contributed by atoms with Crippen LogP contribution in [0.3, 0.4) is 0 Å². The molecule has 3 aromatic carbocycles. The molecule has 2 amide bonds. The largest absolute Gasteiger partial charge is 0.366 e. The lowest BCUT2D eigenvalue weighted by atomic mass is 10.1. The summed E-state index contributed by atoms with van der Waals surface area (Å²) in [6.45, 7) is 0.549. The number of hydrogen-bond acceptors (Lipinski definition) is 2. The molecule has 0 spiro atoms. The van der Waals surface area contributed by atoms with Crippen LogP contribution >= 0.6 is 0 Å². The Hall–Kier alpha value is -3.60. The zero-order valence-corrected chi connectivity index (χ0v) is 14.0. The summed E-state index contributed by atoms with van der Waals surface area (Å²) in [4.78, 5) is 23.4. The van der Waals surface area contributed by atoms with Crippen molar-refractivity contribution in [3.05, 3.63) is 83.4 Å². The quantitative estimate of drug-likeness (QED) is 0.596. The van der Waals surface area contributed by atoms with Crippen LogP contribution in [0.4, 0.5) is 0 Å². The Morgan fingerprint density at radius 3 is 2.31 bits per heavy atom. The van der Waals surface area contributed by atoms with Crippen LogP contribution in [0, 0.1) is 0 Å². The van der Waals surface area contributed by atoms with E-state index in [-0.39, 0.29) is 0 Å². The first-order valence-corrected chi connectivity index (χ1v) is 8.25. The fourth-order valence-corrected chi connectivity index (χ4v) is 3.48. The number of primary amides is 2. The fourth-order valence-electron chi connectivity index (χ4n) is 3.48. The van der Waals surface area contributed by atoms with E-state index < -0.39 is 11.8 Å². The van der Waals surface area contributed by atoms with Gasteiger partial charge in [0.1, 0.15) is 0 Å². The van der Waals surface area contributed by atoms with Crippen molar-refractivity contribution in [1.82, 2.24) is 4.57 Å². The first-order chi connectivity index (χ1) is 12.6. The van der Waals surface area contributed by atoms with Gasteiger partial charge in [-0.05, 0) is 35.9 Å². The highest BCUT2D eigenvalue weighted by molar-refractivity contribution is 6.17. The standard InChI is InChI=1S/C21H17N3O2/c22-20(25)14-6-3-5-13(11-14)12-24-17-9-2-1-7-15(17)19-16(21(23)26)8-4-10-18(19)24/h1-11H,12H2,(H2,22,25)(H2,23,26). The minimum absolute atomic E-state index is 0.450. The number of carbonyl (C=O) groups excluding carboxylic acids is 2. The maximum absolute atomic E-state index is 11.9. The van der Waals surface area contributed by atoms with Crippen molar-refractivity contribution in [2.75, 3.05) is 0 Å². The Morgan fingerprint density at radius 2 is 1.54 bits per heavy atom. The van der Waals surface area contributed by atoms with E-state index >= 15 is 0 Å². The molecule has 0 unspecified atom stereocenters. The topological polar surface area (TPSA) is 91.1 Å². The number of para-hydroxylation sites is 1. The lowest BCUT2D eigenvalue weighted by Crippen LogP contribution is -2.12. The van der Waals surface area contributed by atoms with E-state index in [1.165, 1.54) is 0 Å². The Bertz CT molecular complexity index is 1170. The van der Waals surface area contributed by atoms with Crippen molar-refractivity contribution in [3.63, 3.8) is 0 Å². The van der Waals surface area contributed by atoms with Crippen molar-refractivity contribution in [2.45, 2.75) is 6.54 Å². The average Bonchev–Trinajstić information content (AvgIpc) is 2.96. The van der Waals surface area contributed by atoms with Gasteiger partial charge in [-0.2, -0.15) is 0 Å². The molecule has 0 aliphatic heterocycles. The molecule has 128 valence electrons. The van der Waals surface area contributed by atoms with Crippen LogP contribution in [-0.4, -0.2) is 16.4 Å². The van der Waals surface area contributed by atoms with Crippen molar-refractivity contribution in [2.24, 2.45) is 11.5 Å². The number of rotatable bonds is 4. The summed E-state index contributed by atoms with van der Waals surface area (Å²) in [5.41, 5.74) is 14.8. The highest BCUT2D eigenvalue weighted by Gasteiger charge is 2.16. The normalized spacial score (nSPS) is 11.1. The maximum Gasteiger partial charge on any atom is 0.249 e. The Balaban J connectivity index is 1.97. The highest BCUT2D eigenvalue weighted by atomic mass is 16.1. The van der Waals surface area contributed by atoms with Crippen molar-refractivity contribution in [3.8, 4) is 0 Å². The molecule has 0 fully saturated rings. The minimum Gasteiger partial charge on any atom is -0.366 e. The van der Waals surface area contributed by atoms with E-state index in [1.54, 1.807) is 18.2 Å². The van der Waals surface area contributed by atoms with Crippen molar-refractivity contribution in [1.29, 1.82) is 0 Å². The Kier molecular flexibility index (Phi) is 3.69. The van der Waals surface area contributed by atoms with Crippen molar-refractivity contribution < 1.29 is 9.59 Å². The van der Waals surface area contributed by atoms with Crippen LogP contribution in [0.25, 0.3) is 21.8 Å². The third kappa shape index (κ3) is 2.50. The molecule has 0 aliphatic carbocycles. The molecule has 4 N–H and O–H groups in total. The van der Waals surface area contributed by atoms with Crippen molar-refractivity contribution >= 4 is 33.6 Å². The van der Waals surface area contributed by atoms with Gasteiger partial charge in [0, 0.05) is 34.0 Å². The Labute approximate surface area is 149 Å². The van der Waals surface area contributed by atoms with Gasteiger partial charge in [0.15, 0.2) is 0 Å². The van der Waals surface area contributed by atoms with Crippen LogP contribution in [0.5, 0.6) is 0 Å². The molecule has 4 aromatic rings. The van der Waals surface area contributed by atoms with E-state index in [2.05, 4.69) is 4.57 Å². The van der Waals surface area contributed by atoms with Gasteiger partial charge in [-0.15, -0.1) is 0 Å². The van der Waals surface area contributed by atoms with E-state index in [0.717, 1.165) is 27.4 Å². The van der Waals surface area contributed by atoms with Gasteiger partial charge in [0.25, 0.3) is 0 Å². The summed E-state index contributed by atoms with van der Waals surface area (Å²) < 4.78 is 2.12. The third-order valence-electron chi connectivity index (χ3n) is 4.62. The SMILES string of the molecule is NC(=O)c1cccc(Cn2c3ccccc3c3c(C(N)=O)cccc32)c1. The molecule has 4 rings (SSSR count). The summed E-state index contributed by atoms with van der Waals surface area (Å²) in [6.07, 6.45) is 0. The smallest absolute Gasteiger partial charge is 0.249 e. The summed E-state index contributed by atoms with van der Waals surface area (Å²) in [6, 6.07) is 20.7. The molecule has 26 heavy (non-hydrogen) atoms. The number of amides is 2. The minimum atomic E-state index is -0.454. The van der Waals surface area contributed by atoms with Crippen LogP contribution in [0.15, 0.2) is 66.7 Å². The van der Waals surface area contributed by atoms with Gasteiger partial charge in [-0.3, -0.25) is 9.59 Å². The molecule has 0 atom stereocenters.